The van der Waals surface area contributed by atoms with Gasteiger partial charge in [-0.2, -0.15) is 5.10 Å². The van der Waals surface area contributed by atoms with Crippen molar-refractivity contribution in [1.82, 2.24) is 10.4 Å². The Bertz CT molecular complexity index is 202. The standard InChI is InChI=1S/C7H14N4O/c1-6-2-4-11(10-6)5-3-7(12)9-8/h2-5,8H2,1H3,(H,9,12). The number of hydrazone groups is 1. The van der Waals surface area contributed by atoms with Crippen LogP contribution in [0.5, 0.6) is 0 Å². The molecule has 0 saturated heterocycles. The van der Waals surface area contributed by atoms with Gasteiger partial charge in [-0.3, -0.25) is 15.2 Å². The molecule has 0 aromatic heterocycles. The SMILES string of the molecule is CC1=NN(CCC(=O)NN)CC1. The smallest absolute Gasteiger partial charge is 0.235 e. The van der Waals surface area contributed by atoms with Crippen molar-refractivity contribution in [3.63, 3.8) is 0 Å². The fraction of sp³-hybridized carbons (Fsp3) is 0.714. The maximum Gasteiger partial charge on any atom is 0.235 e. The first kappa shape index (κ1) is 8.99. The predicted octanol–water partition coefficient (Wildman–Crippen LogP) is -0.552. The van der Waals surface area contributed by atoms with Gasteiger partial charge in [0.05, 0.1) is 0 Å². The molecule has 1 aliphatic rings. The molecule has 0 radical (unpaired) electrons. The zero-order valence-corrected chi connectivity index (χ0v) is 7.21. The highest BCUT2D eigenvalue weighted by molar-refractivity contribution is 5.83. The van der Waals surface area contributed by atoms with Crippen LogP contribution in [0.25, 0.3) is 0 Å². The zero-order chi connectivity index (χ0) is 8.97. The van der Waals surface area contributed by atoms with E-state index < -0.39 is 0 Å². The monoisotopic (exact) mass is 170 g/mol. The quantitative estimate of drug-likeness (QED) is 0.339. The minimum atomic E-state index is -0.144. The molecule has 5 nitrogen and oxygen atoms in total. The summed E-state index contributed by atoms with van der Waals surface area (Å²) in [5.74, 6) is 4.79. The van der Waals surface area contributed by atoms with Gasteiger partial charge in [-0.05, 0) is 6.92 Å². The van der Waals surface area contributed by atoms with E-state index in [0.717, 1.165) is 18.7 Å². The largest absolute Gasteiger partial charge is 0.296 e. The number of nitrogens with one attached hydrogen (secondary N) is 1. The Morgan fingerprint density at radius 3 is 3.08 bits per heavy atom. The Morgan fingerprint density at radius 2 is 2.58 bits per heavy atom. The summed E-state index contributed by atoms with van der Waals surface area (Å²) in [7, 11) is 0. The lowest BCUT2D eigenvalue weighted by molar-refractivity contribution is -0.121. The Kier molecular flexibility index (Phi) is 3.04. The molecule has 1 aliphatic heterocycles. The van der Waals surface area contributed by atoms with Crippen LogP contribution in [0, 0.1) is 0 Å². The van der Waals surface area contributed by atoms with E-state index in [4.69, 9.17) is 5.84 Å². The second kappa shape index (κ2) is 4.06. The van der Waals surface area contributed by atoms with Gasteiger partial charge in [0.2, 0.25) is 5.91 Å². The van der Waals surface area contributed by atoms with Crippen LogP contribution in [0.4, 0.5) is 0 Å². The van der Waals surface area contributed by atoms with E-state index in [1.54, 1.807) is 0 Å². The minimum Gasteiger partial charge on any atom is -0.296 e. The molecule has 12 heavy (non-hydrogen) atoms. The molecule has 0 atom stereocenters. The van der Waals surface area contributed by atoms with Crippen LogP contribution in [0.2, 0.25) is 0 Å². The molecule has 0 aromatic carbocycles. The van der Waals surface area contributed by atoms with E-state index in [1.807, 2.05) is 11.9 Å². The van der Waals surface area contributed by atoms with E-state index in [9.17, 15) is 4.79 Å². The van der Waals surface area contributed by atoms with Crippen LogP contribution >= 0.6 is 0 Å². The predicted molar refractivity (Wildman–Crippen MR) is 46.2 cm³/mol. The molecule has 1 heterocycles. The number of nitrogens with two attached hydrogens (primary N) is 1. The summed E-state index contributed by atoms with van der Waals surface area (Å²) in [6.45, 7) is 3.56. The van der Waals surface area contributed by atoms with Gasteiger partial charge in [-0.15, -0.1) is 0 Å². The average molecular weight is 170 g/mol. The van der Waals surface area contributed by atoms with Crippen molar-refractivity contribution >= 4 is 11.6 Å². The summed E-state index contributed by atoms with van der Waals surface area (Å²) in [6, 6.07) is 0. The second-order valence-electron chi connectivity index (χ2n) is 2.86. The van der Waals surface area contributed by atoms with Crippen molar-refractivity contribution in [2.75, 3.05) is 13.1 Å². The molecule has 5 heteroatoms. The second-order valence-corrected chi connectivity index (χ2v) is 2.86. The minimum absolute atomic E-state index is 0.144. The van der Waals surface area contributed by atoms with Crippen molar-refractivity contribution in [3.05, 3.63) is 0 Å². The molecule has 0 bridgehead atoms. The molecule has 1 amide bonds. The number of amides is 1. The van der Waals surface area contributed by atoms with Crippen LogP contribution in [0.15, 0.2) is 5.10 Å². The summed E-state index contributed by atoms with van der Waals surface area (Å²) in [4.78, 5) is 10.7. The molecular weight excluding hydrogens is 156 g/mol. The normalized spacial score (nSPS) is 16.2. The summed E-state index contributed by atoms with van der Waals surface area (Å²) >= 11 is 0. The fourth-order valence-electron chi connectivity index (χ4n) is 1.10. The number of hydrogen-bond acceptors (Lipinski definition) is 4. The van der Waals surface area contributed by atoms with Crippen LogP contribution < -0.4 is 11.3 Å². The molecular formula is C7H14N4O. The molecule has 0 aromatic rings. The third-order valence-corrected chi connectivity index (χ3v) is 1.80. The van der Waals surface area contributed by atoms with Gasteiger partial charge >= 0.3 is 0 Å². The maximum absolute atomic E-state index is 10.7. The molecule has 0 aliphatic carbocycles. The fourth-order valence-corrected chi connectivity index (χ4v) is 1.10. The van der Waals surface area contributed by atoms with E-state index >= 15 is 0 Å². The van der Waals surface area contributed by atoms with Gasteiger partial charge in [0.25, 0.3) is 0 Å². The Morgan fingerprint density at radius 1 is 1.83 bits per heavy atom. The average Bonchev–Trinajstić information content (AvgIpc) is 2.47. The third kappa shape index (κ3) is 2.50. The van der Waals surface area contributed by atoms with E-state index in [-0.39, 0.29) is 5.91 Å². The van der Waals surface area contributed by atoms with Crippen molar-refractivity contribution in [1.29, 1.82) is 0 Å². The Labute approximate surface area is 71.6 Å². The highest BCUT2D eigenvalue weighted by Gasteiger charge is 2.11. The van der Waals surface area contributed by atoms with Gasteiger partial charge in [-0.25, -0.2) is 5.84 Å². The highest BCUT2D eigenvalue weighted by Crippen LogP contribution is 2.05. The van der Waals surface area contributed by atoms with Crippen LogP contribution in [0.1, 0.15) is 19.8 Å². The summed E-state index contributed by atoms with van der Waals surface area (Å²) in [5, 5.41) is 6.12. The first-order chi connectivity index (χ1) is 5.72. The van der Waals surface area contributed by atoms with Crippen molar-refractivity contribution in [2.24, 2.45) is 10.9 Å². The van der Waals surface area contributed by atoms with E-state index in [0.29, 0.717) is 13.0 Å². The number of carbonyl (C=O) groups is 1. The summed E-state index contributed by atoms with van der Waals surface area (Å²) in [5.41, 5.74) is 3.21. The lowest BCUT2D eigenvalue weighted by atomic mass is 10.3. The van der Waals surface area contributed by atoms with Crippen LogP contribution in [-0.4, -0.2) is 29.7 Å². The van der Waals surface area contributed by atoms with E-state index in [1.165, 1.54) is 0 Å². The topological polar surface area (TPSA) is 70.7 Å². The lowest BCUT2D eigenvalue weighted by Gasteiger charge is -2.11. The molecule has 0 saturated carbocycles. The number of nitrogens with zero attached hydrogens (tertiary/aromatic N) is 2. The first-order valence-electron chi connectivity index (χ1n) is 4.01. The first-order valence-corrected chi connectivity index (χ1v) is 4.01. The molecule has 68 valence electrons. The van der Waals surface area contributed by atoms with Crippen LogP contribution in [0.3, 0.4) is 0 Å². The van der Waals surface area contributed by atoms with Gasteiger partial charge in [0.1, 0.15) is 0 Å². The Balaban J connectivity index is 2.20. The molecule has 0 unspecified atom stereocenters. The van der Waals surface area contributed by atoms with Gasteiger partial charge in [0.15, 0.2) is 0 Å². The number of rotatable bonds is 3. The third-order valence-electron chi connectivity index (χ3n) is 1.80. The zero-order valence-electron chi connectivity index (χ0n) is 7.21. The Hall–Kier alpha value is -1.10. The number of hydrazine groups is 1. The molecule has 1 rings (SSSR count). The van der Waals surface area contributed by atoms with Crippen LogP contribution in [-0.2, 0) is 4.79 Å². The molecule has 3 N–H and O–H groups in total. The number of hydrogen-bond donors (Lipinski definition) is 2. The maximum atomic E-state index is 10.7. The number of carbonyl (C=O) groups excluding carboxylic acids is 1. The van der Waals surface area contributed by atoms with Crippen molar-refractivity contribution in [3.8, 4) is 0 Å². The molecule has 0 spiro atoms. The van der Waals surface area contributed by atoms with Gasteiger partial charge in [-0.1, -0.05) is 0 Å². The molecule has 0 fully saturated rings. The van der Waals surface area contributed by atoms with Crippen molar-refractivity contribution < 1.29 is 4.79 Å². The van der Waals surface area contributed by atoms with Crippen molar-refractivity contribution in [2.45, 2.75) is 19.8 Å². The van der Waals surface area contributed by atoms with E-state index in [2.05, 4.69) is 10.5 Å². The van der Waals surface area contributed by atoms with Gasteiger partial charge < -0.3 is 0 Å². The highest BCUT2D eigenvalue weighted by atomic mass is 16.2. The van der Waals surface area contributed by atoms with Gasteiger partial charge in [0, 0.05) is 31.6 Å². The lowest BCUT2D eigenvalue weighted by Crippen LogP contribution is -2.32. The summed E-state index contributed by atoms with van der Waals surface area (Å²) in [6.07, 6.45) is 1.41. The summed E-state index contributed by atoms with van der Waals surface area (Å²) < 4.78 is 0.